The molecule has 0 bridgehead atoms. The molecule has 0 rings (SSSR count). The Labute approximate surface area is 167 Å². The Bertz CT molecular complexity index is 278. The van der Waals surface area contributed by atoms with E-state index in [0.29, 0.717) is 0 Å². The molecule has 0 saturated heterocycles. The van der Waals surface area contributed by atoms with Crippen molar-refractivity contribution < 1.29 is 0 Å². The van der Waals surface area contributed by atoms with E-state index in [0.717, 1.165) is 11.8 Å². The summed E-state index contributed by atoms with van der Waals surface area (Å²) in [4.78, 5) is 0. The first-order valence-corrected chi connectivity index (χ1v) is 12.4. The lowest BCUT2D eigenvalue weighted by molar-refractivity contribution is 0.277. The van der Waals surface area contributed by atoms with Crippen molar-refractivity contribution in [2.24, 2.45) is 11.8 Å². The standard InChI is InChI=1S/C26H52/c1-5-8-11-14-16-17-19-22-25(4)26(23-20-13-10-7-3)24-21-18-15-12-9-6-2/h14,16,25-26H,5-13,15,17-24H2,1-4H3/b16-14+. The van der Waals surface area contributed by atoms with Crippen LogP contribution in [0.1, 0.15) is 143 Å². The predicted octanol–water partition coefficient (Wildman–Crippen LogP) is 9.88. The number of hydrogen-bond donors (Lipinski definition) is 0. The van der Waals surface area contributed by atoms with Crippen LogP contribution in [0.5, 0.6) is 0 Å². The molecule has 2 unspecified atom stereocenters. The molecular weight excluding hydrogens is 312 g/mol. The van der Waals surface area contributed by atoms with Crippen molar-refractivity contribution in [1.29, 1.82) is 0 Å². The third kappa shape index (κ3) is 17.2. The smallest absolute Gasteiger partial charge is 0.0351 e. The minimum absolute atomic E-state index is 0.927. The third-order valence-corrected chi connectivity index (χ3v) is 6.08. The molecule has 0 radical (unpaired) electrons. The van der Waals surface area contributed by atoms with Gasteiger partial charge in [0, 0.05) is 0 Å². The highest BCUT2D eigenvalue weighted by Crippen LogP contribution is 2.29. The van der Waals surface area contributed by atoms with Crippen molar-refractivity contribution in [2.75, 3.05) is 0 Å². The molecule has 0 aromatic rings. The molecule has 0 aliphatic heterocycles. The lowest BCUT2D eigenvalue weighted by atomic mass is 9.82. The lowest BCUT2D eigenvalue weighted by Crippen LogP contribution is -2.12. The van der Waals surface area contributed by atoms with E-state index < -0.39 is 0 Å². The van der Waals surface area contributed by atoms with Crippen LogP contribution in [0, 0.1) is 11.8 Å². The Morgan fingerprint density at radius 1 is 0.500 bits per heavy atom. The molecule has 0 heteroatoms. The Kier molecular flexibility index (Phi) is 20.8. The fourth-order valence-electron chi connectivity index (χ4n) is 4.08. The van der Waals surface area contributed by atoms with Crippen LogP contribution in [0.3, 0.4) is 0 Å². The van der Waals surface area contributed by atoms with Crippen molar-refractivity contribution in [3.8, 4) is 0 Å². The second kappa shape index (κ2) is 21.0. The van der Waals surface area contributed by atoms with Crippen molar-refractivity contribution in [2.45, 2.75) is 143 Å². The predicted molar refractivity (Wildman–Crippen MR) is 122 cm³/mol. The van der Waals surface area contributed by atoms with E-state index >= 15 is 0 Å². The van der Waals surface area contributed by atoms with Gasteiger partial charge in [0.25, 0.3) is 0 Å². The molecule has 0 amide bonds. The summed E-state index contributed by atoms with van der Waals surface area (Å²) in [6.07, 6.45) is 30.3. The lowest BCUT2D eigenvalue weighted by Gasteiger charge is -2.24. The molecule has 0 aliphatic carbocycles. The first-order chi connectivity index (χ1) is 12.8. The Hall–Kier alpha value is -0.260. The molecule has 0 N–H and O–H groups in total. The van der Waals surface area contributed by atoms with E-state index in [1.165, 1.54) is 116 Å². The average molecular weight is 365 g/mol. The van der Waals surface area contributed by atoms with Gasteiger partial charge in [-0.05, 0) is 31.1 Å². The summed E-state index contributed by atoms with van der Waals surface area (Å²) in [5, 5.41) is 0. The van der Waals surface area contributed by atoms with Gasteiger partial charge in [0.05, 0.1) is 0 Å². The van der Waals surface area contributed by atoms with Gasteiger partial charge in [-0.25, -0.2) is 0 Å². The monoisotopic (exact) mass is 364 g/mol. The fourth-order valence-corrected chi connectivity index (χ4v) is 4.08. The summed E-state index contributed by atoms with van der Waals surface area (Å²) in [5.74, 6) is 1.92. The van der Waals surface area contributed by atoms with Crippen molar-refractivity contribution in [3.63, 3.8) is 0 Å². The van der Waals surface area contributed by atoms with Crippen LogP contribution in [0.2, 0.25) is 0 Å². The van der Waals surface area contributed by atoms with Crippen LogP contribution < -0.4 is 0 Å². The van der Waals surface area contributed by atoms with Crippen molar-refractivity contribution in [3.05, 3.63) is 12.2 Å². The van der Waals surface area contributed by atoms with E-state index in [1.807, 2.05) is 0 Å². The van der Waals surface area contributed by atoms with Gasteiger partial charge in [0.2, 0.25) is 0 Å². The molecule has 0 saturated carbocycles. The van der Waals surface area contributed by atoms with Gasteiger partial charge in [-0.1, -0.05) is 136 Å². The van der Waals surface area contributed by atoms with E-state index in [1.54, 1.807) is 0 Å². The van der Waals surface area contributed by atoms with Crippen LogP contribution in [0.25, 0.3) is 0 Å². The van der Waals surface area contributed by atoms with Crippen LogP contribution in [0.4, 0.5) is 0 Å². The van der Waals surface area contributed by atoms with Gasteiger partial charge in [-0.15, -0.1) is 0 Å². The maximum atomic E-state index is 2.54. The van der Waals surface area contributed by atoms with Gasteiger partial charge < -0.3 is 0 Å². The summed E-state index contributed by atoms with van der Waals surface area (Å²) in [7, 11) is 0. The van der Waals surface area contributed by atoms with E-state index in [9.17, 15) is 0 Å². The van der Waals surface area contributed by atoms with Crippen molar-refractivity contribution >= 4 is 0 Å². The molecule has 0 aromatic carbocycles. The summed E-state index contributed by atoms with van der Waals surface area (Å²) in [6.45, 7) is 9.46. The Balaban J connectivity index is 4.02. The highest BCUT2D eigenvalue weighted by Gasteiger charge is 2.16. The highest BCUT2D eigenvalue weighted by molar-refractivity contribution is 4.81. The number of unbranched alkanes of at least 4 members (excludes halogenated alkanes) is 11. The SMILES string of the molecule is CCCC/C=C/CCCC(C)C(CCCCCC)CCCCCCCC. The summed E-state index contributed by atoms with van der Waals surface area (Å²) >= 11 is 0. The molecule has 156 valence electrons. The van der Waals surface area contributed by atoms with Crippen LogP contribution in [-0.4, -0.2) is 0 Å². The summed E-state index contributed by atoms with van der Waals surface area (Å²) in [6, 6.07) is 0. The zero-order chi connectivity index (χ0) is 19.3. The molecule has 0 spiro atoms. The van der Waals surface area contributed by atoms with Crippen LogP contribution in [0.15, 0.2) is 12.2 Å². The Morgan fingerprint density at radius 3 is 1.54 bits per heavy atom. The quantitative estimate of drug-likeness (QED) is 0.149. The maximum absolute atomic E-state index is 2.54. The first kappa shape index (κ1) is 25.7. The zero-order valence-corrected chi connectivity index (χ0v) is 19.0. The minimum atomic E-state index is 0.927. The topological polar surface area (TPSA) is 0 Å². The zero-order valence-electron chi connectivity index (χ0n) is 19.0. The number of allylic oxidation sites excluding steroid dienone is 2. The summed E-state index contributed by atoms with van der Waals surface area (Å²) < 4.78 is 0. The van der Waals surface area contributed by atoms with E-state index in [2.05, 4.69) is 39.8 Å². The van der Waals surface area contributed by atoms with Gasteiger partial charge in [-0.3, -0.25) is 0 Å². The van der Waals surface area contributed by atoms with Crippen LogP contribution >= 0.6 is 0 Å². The molecular formula is C26H52. The first-order valence-electron chi connectivity index (χ1n) is 12.4. The van der Waals surface area contributed by atoms with Crippen LogP contribution in [-0.2, 0) is 0 Å². The van der Waals surface area contributed by atoms with Gasteiger partial charge in [0.1, 0.15) is 0 Å². The molecule has 0 fully saturated rings. The van der Waals surface area contributed by atoms with E-state index in [4.69, 9.17) is 0 Å². The normalized spacial score (nSPS) is 14.2. The van der Waals surface area contributed by atoms with E-state index in [-0.39, 0.29) is 0 Å². The van der Waals surface area contributed by atoms with Crippen molar-refractivity contribution in [1.82, 2.24) is 0 Å². The molecule has 0 nitrogen and oxygen atoms in total. The maximum Gasteiger partial charge on any atom is -0.0351 e. The minimum Gasteiger partial charge on any atom is -0.0885 e. The third-order valence-electron chi connectivity index (χ3n) is 6.08. The van der Waals surface area contributed by atoms with Gasteiger partial charge >= 0.3 is 0 Å². The molecule has 0 aromatic heterocycles. The number of hydrogen-bond acceptors (Lipinski definition) is 0. The second-order valence-corrected chi connectivity index (χ2v) is 8.69. The largest absolute Gasteiger partial charge is 0.0885 e. The molecule has 0 aliphatic rings. The molecule has 26 heavy (non-hydrogen) atoms. The van der Waals surface area contributed by atoms with Gasteiger partial charge in [0.15, 0.2) is 0 Å². The average Bonchev–Trinajstić information content (AvgIpc) is 2.65. The van der Waals surface area contributed by atoms with Gasteiger partial charge in [-0.2, -0.15) is 0 Å². The Morgan fingerprint density at radius 2 is 0.962 bits per heavy atom. The summed E-state index contributed by atoms with van der Waals surface area (Å²) in [5.41, 5.74) is 0. The highest BCUT2D eigenvalue weighted by atomic mass is 14.2. The second-order valence-electron chi connectivity index (χ2n) is 8.69. The molecule has 2 atom stereocenters. The fraction of sp³-hybridized carbons (Fsp3) is 0.923. The molecule has 0 heterocycles. The number of rotatable bonds is 20.